The highest BCUT2D eigenvalue weighted by atomic mass is 16.5. The minimum Gasteiger partial charge on any atom is -0.468 e. The minimum absolute atomic E-state index is 0.282. The van der Waals surface area contributed by atoms with Gasteiger partial charge in [-0.2, -0.15) is 0 Å². The standard InChI is InChI=1S/C8H16N2O2.C7H14N2O2/c1-10-5-3-8(9,4-6-10)7(11)12-2;1-9-4-3-7(8,5-9)6(10)11-2/h3-6,9H2,1-2H3;3-5,8H2,1-2H3. The number of rotatable bonds is 2. The molecule has 0 amide bonds. The smallest absolute Gasteiger partial charge is 0.327 e. The Balaban J connectivity index is 0.000000231. The summed E-state index contributed by atoms with van der Waals surface area (Å²) in [6.45, 7) is 3.20. The number of nitrogens with two attached hydrogens (primary N) is 2. The van der Waals surface area contributed by atoms with Crippen LogP contribution in [0, 0.1) is 0 Å². The van der Waals surface area contributed by atoms with E-state index in [0.717, 1.165) is 19.6 Å². The molecule has 2 aliphatic rings. The van der Waals surface area contributed by atoms with E-state index in [9.17, 15) is 9.59 Å². The molecule has 8 nitrogen and oxygen atoms in total. The lowest BCUT2D eigenvalue weighted by molar-refractivity contribution is -0.149. The Bertz CT molecular complexity index is 424. The van der Waals surface area contributed by atoms with Gasteiger partial charge in [-0.25, -0.2) is 0 Å². The van der Waals surface area contributed by atoms with E-state index in [1.165, 1.54) is 14.2 Å². The van der Waals surface area contributed by atoms with Crippen molar-refractivity contribution in [2.75, 3.05) is 54.5 Å². The maximum Gasteiger partial charge on any atom is 0.327 e. The summed E-state index contributed by atoms with van der Waals surface area (Å²) in [6, 6.07) is 0. The van der Waals surface area contributed by atoms with Crippen molar-refractivity contribution in [3.05, 3.63) is 0 Å². The van der Waals surface area contributed by atoms with E-state index in [1.54, 1.807) is 0 Å². The largest absolute Gasteiger partial charge is 0.468 e. The normalized spacial score (nSPS) is 27.7. The van der Waals surface area contributed by atoms with Gasteiger partial charge in [0.1, 0.15) is 11.1 Å². The molecular weight excluding hydrogens is 300 g/mol. The molecule has 0 aromatic rings. The van der Waals surface area contributed by atoms with Crippen molar-refractivity contribution in [1.82, 2.24) is 9.80 Å². The van der Waals surface area contributed by atoms with Gasteiger partial charge in [0.25, 0.3) is 0 Å². The van der Waals surface area contributed by atoms with Crippen molar-refractivity contribution in [3.63, 3.8) is 0 Å². The van der Waals surface area contributed by atoms with Crippen molar-refractivity contribution in [1.29, 1.82) is 0 Å². The summed E-state index contributed by atoms with van der Waals surface area (Å²) in [5.74, 6) is -0.586. The van der Waals surface area contributed by atoms with Gasteiger partial charge in [-0.05, 0) is 33.4 Å². The molecule has 0 radical (unpaired) electrons. The van der Waals surface area contributed by atoms with E-state index < -0.39 is 11.1 Å². The molecule has 2 rings (SSSR count). The molecule has 0 aliphatic carbocycles. The van der Waals surface area contributed by atoms with E-state index in [2.05, 4.69) is 14.4 Å². The van der Waals surface area contributed by atoms with Crippen LogP contribution in [0.5, 0.6) is 0 Å². The van der Waals surface area contributed by atoms with Crippen molar-refractivity contribution in [2.45, 2.75) is 30.3 Å². The molecule has 0 spiro atoms. The lowest BCUT2D eigenvalue weighted by Gasteiger charge is -2.34. The second-order valence-corrected chi connectivity index (χ2v) is 6.59. The third-order valence-corrected chi connectivity index (χ3v) is 4.55. The average molecular weight is 330 g/mol. The summed E-state index contributed by atoms with van der Waals surface area (Å²) in [4.78, 5) is 26.5. The number of likely N-dealkylation sites (N-methyl/N-ethyl adjacent to an activating group) is 1. The fourth-order valence-electron chi connectivity index (χ4n) is 2.82. The number of esters is 2. The van der Waals surface area contributed by atoms with Gasteiger partial charge in [-0.15, -0.1) is 0 Å². The Kier molecular flexibility index (Phi) is 6.94. The highest BCUT2D eigenvalue weighted by Crippen LogP contribution is 2.20. The van der Waals surface area contributed by atoms with Gasteiger partial charge in [0.05, 0.1) is 14.2 Å². The number of ether oxygens (including phenoxy) is 2. The third kappa shape index (κ3) is 5.13. The molecule has 134 valence electrons. The van der Waals surface area contributed by atoms with Crippen molar-refractivity contribution < 1.29 is 19.1 Å². The second-order valence-electron chi connectivity index (χ2n) is 6.59. The van der Waals surface area contributed by atoms with Crippen LogP contribution in [0.25, 0.3) is 0 Å². The molecule has 0 aromatic carbocycles. The molecule has 2 aliphatic heterocycles. The molecule has 2 saturated heterocycles. The number of hydrogen-bond donors (Lipinski definition) is 2. The molecule has 1 unspecified atom stereocenters. The molecule has 0 aromatic heterocycles. The Morgan fingerprint density at radius 1 is 0.826 bits per heavy atom. The van der Waals surface area contributed by atoms with Crippen molar-refractivity contribution in [3.8, 4) is 0 Å². The van der Waals surface area contributed by atoms with Crippen LogP contribution < -0.4 is 11.5 Å². The molecule has 0 bridgehead atoms. The predicted octanol–water partition coefficient (Wildman–Crippen LogP) is -1.23. The van der Waals surface area contributed by atoms with Crippen LogP contribution in [0.1, 0.15) is 19.3 Å². The zero-order valence-corrected chi connectivity index (χ0v) is 14.6. The first-order valence-electron chi connectivity index (χ1n) is 7.78. The van der Waals surface area contributed by atoms with E-state index in [-0.39, 0.29) is 11.9 Å². The van der Waals surface area contributed by atoms with Crippen molar-refractivity contribution >= 4 is 11.9 Å². The van der Waals surface area contributed by atoms with Gasteiger partial charge < -0.3 is 30.7 Å². The molecule has 1 atom stereocenters. The van der Waals surface area contributed by atoms with Crippen molar-refractivity contribution in [2.24, 2.45) is 11.5 Å². The Labute approximate surface area is 138 Å². The number of carbonyl (C=O) groups is 2. The van der Waals surface area contributed by atoms with Crippen LogP contribution in [-0.4, -0.2) is 87.3 Å². The molecular formula is C15H30N4O4. The molecule has 4 N–H and O–H groups in total. The Morgan fingerprint density at radius 2 is 1.22 bits per heavy atom. The molecule has 8 heteroatoms. The van der Waals surface area contributed by atoms with Gasteiger partial charge in [0.2, 0.25) is 0 Å². The summed E-state index contributed by atoms with van der Waals surface area (Å²) >= 11 is 0. The minimum atomic E-state index is -0.760. The van der Waals surface area contributed by atoms with Gasteiger partial charge in [0, 0.05) is 26.2 Å². The SMILES string of the molecule is COC(=O)C1(N)CCN(C)C1.COC(=O)C1(N)CCN(C)CC1. The fourth-order valence-corrected chi connectivity index (χ4v) is 2.82. The van der Waals surface area contributed by atoms with Crippen LogP contribution in [0.2, 0.25) is 0 Å². The maximum absolute atomic E-state index is 11.2. The topological polar surface area (TPSA) is 111 Å². The van der Waals surface area contributed by atoms with Crippen LogP contribution in [0.4, 0.5) is 0 Å². The second kappa shape index (κ2) is 8.05. The van der Waals surface area contributed by atoms with E-state index in [0.29, 0.717) is 25.8 Å². The van der Waals surface area contributed by atoms with Crippen LogP contribution in [0.3, 0.4) is 0 Å². The summed E-state index contributed by atoms with van der Waals surface area (Å²) in [7, 11) is 6.72. The lowest BCUT2D eigenvalue weighted by Crippen LogP contribution is -2.55. The number of hydrogen-bond acceptors (Lipinski definition) is 8. The first kappa shape index (κ1) is 19.8. The lowest BCUT2D eigenvalue weighted by atomic mass is 9.89. The molecule has 2 heterocycles. The Morgan fingerprint density at radius 3 is 1.61 bits per heavy atom. The zero-order chi connectivity index (χ0) is 17.7. The van der Waals surface area contributed by atoms with Gasteiger partial charge in [-0.3, -0.25) is 9.59 Å². The Hall–Kier alpha value is -1.22. The van der Waals surface area contributed by atoms with Crippen LogP contribution >= 0.6 is 0 Å². The summed E-state index contributed by atoms with van der Waals surface area (Å²) in [5, 5.41) is 0. The molecule has 0 saturated carbocycles. The van der Waals surface area contributed by atoms with Gasteiger partial charge >= 0.3 is 11.9 Å². The highest BCUT2D eigenvalue weighted by molar-refractivity contribution is 5.81. The molecule has 2 fully saturated rings. The predicted molar refractivity (Wildman–Crippen MR) is 86.7 cm³/mol. The quantitative estimate of drug-likeness (QED) is 0.606. The summed E-state index contributed by atoms with van der Waals surface area (Å²) in [5.41, 5.74) is 10.2. The zero-order valence-electron chi connectivity index (χ0n) is 14.6. The number of carbonyl (C=O) groups excluding carboxylic acids is 2. The van der Waals surface area contributed by atoms with Crippen LogP contribution in [-0.2, 0) is 19.1 Å². The first-order chi connectivity index (χ1) is 10.7. The summed E-state index contributed by atoms with van der Waals surface area (Å²) in [6.07, 6.45) is 2.07. The number of nitrogens with zero attached hydrogens (tertiary/aromatic N) is 2. The fraction of sp³-hybridized carbons (Fsp3) is 0.867. The maximum atomic E-state index is 11.2. The van der Waals surface area contributed by atoms with Gasteiger partial charge in [-0.1, -0.05) is 0 Å². The highest BCUT2D eigenvalue weighted by Gasteiger charge is 2.40. The van der Waals surface area contributed by atoms with Gasteiger partial charge in [0.15, 0.2) is 0 Å². The number of piperidine rings is 1. The first-order valence-corrected chi connectivity index (χ1v) is 7.78. The molecule has 23 heavy (non-hydrogen) atoms. The number of likely N-dealkylation sites (tertiary alicyclic amines) is 2. The monoisotopic (exact) mass is 330 g/mol. The average Bonchev–Trinajstić information content (AvgIpc) is 2.89. The van der Waals surface area contributed by atoms with E-state index in [4.69, 9.17) is 11.5 Å². The van der Waals surface area contributed by atoms with E-state index in [1.807, 2.05) is 19.0 Å². The summed E-state index contributed by atoms with van der Waals surface area (Å²) < 4.78 is 9.24. The number of methoxy groups -OCH3 is 2. The van der Waals surface area contributed by atoms with Crippen LogP contribution in [0.15, 0.2) is 0 Å². The third-order valence-electron chi connectivity index (χ3n) is 4.55. The van der Waals surface area contributed by atoms with E-state index >= 15 is 0 Å².